The van der Waals surface area contributed by atoms with Gasteiger partial charge in [0.15, 0.2) is 5.13 Å². The van der Waals surface area contributed by atoms with E-state index in [2.05, 4.69) is 10.3 Å². The lowest BCUT2D eigenvalue weighted by Gasteiger charge is -2.07. The fraction of sp³-hybridized carbons (Fsp3) is 0.714. The summed E-state index contributed by atoms with van der Waals surface area (Å²) >= 11 is 1.65. The molecule has 2 heterocycles. The standard InChI is InChI=1S/C14H20N2O2S/c17-13(8-7-10-4-3-9-18-10)16-14-15-11-5-1-2-6-12(11)19-14/h10H,1-9H2,(H,15,16,17). The van der Waals surface area contributed by atoms with Crippen LogP contribution in [0.4, 0.5) is 5.13 Å². The Labute approximate surface area is 117 Å². The summed E-state index contributed by atoms with van der Waals surface area (Å²) < 4.78 is 5.53. The molecule has 2 aliphatic rings. The second kappa shape index (κ2) is 6.01. The third-order valence-electron chi connectivity index (χ3n) is 3.81. The van der Waals surface area contributed by atoms with E-state index in [-0.39, 0.29) is 12.0 Å². The lowest BCUT2D eigenvalue weighted by atomic mass is 10.0. The molecular weight excluding hydrogens is 260 g/mol. The Hall–Kier alpha value is -0.940. The van der Waals surface area contributed by atoms with Crippen LogP contribution in [0.15, 0.2) is 0 Å². The predicted molar refractivity (Wildman–Crippen MR) is 75.6 cm³/mol. The van der Waals surface area contributed by atoms with E-state index < -0.39 is 0 Å². The normalized spacial score (nSPS) is 22.2. The summed E-state index contributed by atoms with van der Waals surface area (Å²) in [6, 6.07) is 0. The van der Waals surface area contributed by atoms with E-state index in [9.17, 15) is 4.79 Å². The lowest BCUT2D eigenvalue weighted by Crippen LogP contribution is -2.15. The van der Waals surface area contributed by atoms with Gasteiger partial charge in [0.2, 0.25) is 5.91 Å². The van der Waals surface area contributed by atoms with E-state index in [1.165, 1.54) is 23.4 Å². The van der Waals surface area contributed by atoms with Crippen LogP contribution in [-0.2, 0) is 22.4 Å². The lowest BCUT2D eigenvalue weighted by molar-refractivity contribution is -0.116. The zero-order valence-corrected chi connectivity index (χ0v) is 11.9. The van der Waals surface area contributed by atoms with Crippen molar-refractivity contribution in [2.75, 3.05) is 11.9 Å². The van der Waals surface area contributed by atoms with Gasteiger partial charge in [-0.3, -0.25) is 4.79 Å². The van der Waals surface area contributed by atoms with Crippen LogP contribution in [0.25, 0.3) is 0 Å². The Morgan fingerprint density at radius 3 is 3.05 bits per heavy atom. The second-order valence-corrected chi connectivity index (χ2v) is 6.40. The predicted octanol–water partition coefficient (Wildman–Crippen LogP) is 2.92. The monoisotopic (exact) mass is 280 g/mol. The van der Waals surface area contributed by atoms with Crippen molar-refractivity contribution in [2.45, 2.75) is 57.5 Å². The van der Waals surface area contributed by atoms with Gasteiger partial charge in [-0.05, 0) is 44.9 Å². The molecule has 1 fully saturated rings. The number of hydrogen-bond acceptors (Lipinski definition) is 4. The van der Waals surface area contributed by atoms with E-state index in [0.717, 1.165) is 43.8 Å². The van der Waals surface area contributed by atoms with Gasteiger partial charge in [-0.25, -0.2) is 4.98 Å². The molecule has 5 heteroatoms. The molecule has 0 aromatic carbocycles. The fourth-order valence-electron chi connectivity index (χ4n) is 2.75. The molecule has 0 bridgehead atoms. The number of rotatable bonds is 4. The van der Waals surface area contributed by atoms with Crippen LogP contribution in [0.2, 0.25) is 0 Å². The van der Waals surface area contributed by atoms with Crippen LogP contribution in [-0.4, -0.2) is 23.6 Å². The summed E-state index contributed by atoms with van der Waals surface area (Å²) in [5.41, 5.74) is 1.20. The maximum atomic E-state index is 11.9. The maximum Gasteiger partial charge on any atom is 0.226 e. The van der Waals surface area contributed by atoms with Gasteiger partial charge in [-0.15, -0.1) is 11.3 Å². The van der Waals surface area contributed by atoms with Crippen molar-refractivity contribution < 1.29 is 9.53 Å². The molecule has 0 radical (unpaired) electrons. The molecule has 1 N–H and O–H groups in total. The highest BCUT2D eigenvalue weighted by molar-refractivity contribution is 7.15. The molecule has 0 saturated carbocycles. The fourth-order valence-corrected chi connectivity index (χ4v) is 3.82. The van der Waals surface area contributed by atoms with Crippen LogP contribution >= 0.6 is 11.3 Å². The first kappa shape index (κ1) is 13.1. The van der Waals surface area contributed by atoms with Crippen LogP contribution in [0.1, 0.15) is 49.1 Å². The number of fused-ring (bicyclic) bond motifs is 1. The van der Waals surface area contributed by atoms with Crippen molar-refractivity contribution >= 4 is 22.4 Å². The van der Waals surface area contributed by atoms with Gasteiger partial charge in [0.05, 0.1) is 11.8 Å². The van der Waals surface area contributed by atoms with E-state index in [1.54, 1.807) is 11.3 Å². The Morgan fingerprint density at radius 1 is 1.37 bits per heavy atom. The number of thiazole rings is 1. The molecule has 4 nitrogen and oxygen atoms in total. The quantitative estimate of drug-likeness (QED) is 0.922. The average Bonchev–Trinajstić information content (AvgIpc) is 3.04. The summed E-state index contributed by atoms with van der Waals surface area (Å²) in [4.78, 5) is 17.8. The number of anilines is 1. The first-order chi connectivity index (χ1) is 9.31. The number of aromatic nitrogens is 1. The summed E-state index contributed by atoms with van der Waals surface area (Å²) in [5.74, 6) is 0.0709. The Balaban J connectivity index is 1.49. The molecule has 1 aliphatic carbocycles. The summed E-state index contributed by atoms with van der Waals surface area (Å²) in [5, 5.41) is 3.72. The number of nitrogens with one attached hydrogen (secondary N) is 1. The van der Waals surface area contributed by atoms with E-state index in [1.807, 2.05) is 0 Å². The van der Waals surface area contributed by atoms with E-state index in [0.29, 0.717) is 6.42 Å². The first-order valence-electron chi connectivity index (χ1n) is 7.21. The van der Waals surface area contributed by atoms with E-state index in [4.69, 9.17) is 4.74 Å². The Bertz CT molecular complexity index is 429. The van der Waals surface area contributed by atoms with Gasteiger partial charge in [-0.1, -0.05) is 0 Å². The first-order valence-corrected chi connectivity index (χ1v) is 8.03. The molecule has 1 unspecified atom stereocenters. The maximum absolute atomic E-state index is 11.9. The Kier molecular flexibility index (Phi) is 4.13. The summed E-state index contributed by atoms with van der Waals surface area (Å²) in [6.45, 7) is 0.853. The zero-order valence-electron chi connectivity index (χ0n) is 11.1. The Morgan fingerprint density at radius 2 is 2.26 bits per heavy atom. The molecule has 1 atom stereocenters. The number of carbonyl (C=O) groups excluding carboxylic acids is 1. The highest BCUT2D eigenvalue weighted by atomic mass is 32.1. The van der Waals surface area contributed by atoms with Crippen molar-refractivity contribution in [1.82, 2.24) is 4.98 Å². The minimum absolute atomic E-state index is 0.0709. The van der Waals surface area contributed by atoms with Gasteiger partial charge < -0.3 is 10.1 Å². The van der Waals surface area contributed by atoms with Gasteiger partial charge in [0, 0.05) is 17.9 Å². The molecule has 1 saturated heterocycles. The third-order valence-corrected chi connectivity index (χ3v) is 4.88. The highest BCUT2D eigenvalue weighted by Crippen LogP contribution is 2.29. The number of nitrogens with zero attached hydrogens (tertiary/aromatic N) is 1. The third kappa shape index (κ3) is 3.34. The molecular formula is C14H20N2O2S. The molecule has 19 heavy (non-hydrogen) atoms. The molecule has 1 aromatic rings. The molecule has 1 amide bonds. The number of ether oxygens (including phenoxy) is 1. The smallest absolute Gasteiger partial charge is 0.226 e. The van der Waals surface area contributed by atoms with Crippen LogP contribution < -0.4 is 5.32 Å². The van der Waals surface area contributed by atoms with Crippen LogP contribution in [0.5, 0.6) is 0 Å². The molecule has 1 aromatic heterocycles. The number of aryl methyl sites for hydroxylation is 2. The zero-order chi connectivity index (χ0) is 13.1. The minimum atomic E-state index is 0.0709. The largest absolute Gasteiger partial charge is 0.378 e. The van der Waals surface area contributed by atoms with Crippen molar-refractivity contribution in [3.8, 4) is 0 Å². The molecule has 1 aliphatic heterocycles. The molecule has 3 rings (SSSR count). The van der Waals surface area contributed by atoms with Crippen molar-refractivity contribution in [1.29, 1.82) is 0 Å². The summed E-state index contributed by atoms with van der Waals surface area (Å²) in [6.07, 6.45) is 8.55. The van der Waals surface area contributed by atoms with Crippen molar-refractivity contribution in [2.24, 2.45) is 0 Å². The average molecular weight is 280 g/mol. The van der Waals surface area contributed by atoms with Crippen LogP contribution in [0, 0.1) is 0 Å². The number of hydrogen-bond donors (Lipinski definition) is 1. The SMILES string of the molecule is O=C(CCC1CCCO1)Nc1nc2c(s1)CCCC2. The van der Waals surface area contributed by atoms with E-state index >= 15 is 0 Å². The molecule has 0 spiro atoms. The minimum Gasteiger partial charge on any atom is -0.378 e. The van der Waals surface area contributed by atoms with Gasteiger partial charge in [0.25, 0.3) is 0 Å². The number of carbonyl (C=O) groups is 1. The van der Waals surface area contributed by atoms with Gasteiger partial charge >= 0.3 is 0 Å². The molecule has 104 valence electrons. The van der Waals surface area contributed by atoms with Crippen LogP contribution in [0.3, 0.4) is 0 Å². The van der Waals surface area contributed by atoms with Crippen molar-refractivity contribution in [3.05, 3.63) is 10.6 Å². The second-order valence-electron chi connectivity index (χ2n) is 5.32. The topological polar surface area (TPSA) is 51.2 Å². The number of amides is 1. The van der Waals surface area contributed by atoms with Gasteiger partial charge in [0.1, 0.15) is 0 Å². The highest BCUT2D eigenvalue weighted by Gasteiger charge is 2.19. The summed E-state index contributed by atoms with van der Waals surface area (Å²) in [7, 11) is 0. The van der Waals surface area contributed by atoms with Crippen molar-refractivity contribution in [3.63, 3.8) is 0 Å². The van der Waals surface area contributed by atoms with Gasteiger partial charge in [-0.2, -0.15) is 0 Å².